The Labute approximate surface area is 153 Å². The lowest BCUT2D eigenvalue weighted by atomic mass is 10.2. The van der Waals surface area contributed by atoms with Crippen LogP contribution in [0.2, 0.25) is 0 Å². The molecule has 140 valence electrons. The summed E-state index contributed by atoms with van der Waals surface area (Å²) in [6.45, 7) is 2.18. The molecular weight excluding hydrogens is 354 g/mol. The van der Waals surface area contributed by atoms with E-state index in [-0.39, 0.29) is 5.91 Å². The molecule has 0 aliphatic heterocycles. The van der Waals surface area contributed by atoms with Gasteiger partial charge in [0.15, 0.2) is 0 Å². The number of carbonyl (C=O) groups is 1. The first-order chi connectivity index (χ1) is 12.3. The maximum absolute atomic E-state index is 12.2. The predicted molar refractivity (Wildman–Crippen MR) is 103 cm³/mol. The first-order valence-electron chi connectivity index (χ1n) is 8.02. The third-order valence-corrected chi connectivity index (χ3v) is 4.20. The Balaban J connectivity index is 1.85. The summed E-state index contributed by atoms with van der Waals surface area (Å²) in [7, 11) is -1.70. The number of carbonyl (C=O) groups excluding carboxylic acids is 1. The van der Waals surface area contributed by atoms with Crippen LogP contribution in [0.5, 0.6) is 5.75 Å². The second kappa shape index (κ2) is 8.57. The number of anilines is 2. The molecule has 0 spiro atoms. The first kappa shape index (κ1) is 19.6. The van der Waals surface area contributed by atoms with Crippen molar-refractivity contribution >= 4 is 27.3 Å². The maximum atomic E-state index is 12.2. The van der Waals surface area contributed by atoms with Crippen LogP contribution >= 0.6 is 0 Å². The average Bonchev–Trinajstić information content (AvgIpc) is 2.60. The van der Waals surface area contributed by atoms with E-state index in [0.29, 0.717) is 12.2 Å². The van der Waals surface area contributed by atoms with Crippen LogP contribution in [0, 0.1) is 0 Å². The number of nitrogens with one attached hydrogen (secondary N) is 3. The van der Waals surface area contributed by atoms with Gasteiger partial charge in [-0.2, -0.15) is 0 Å². The van der Waals surface area contributed by atoms with Crippen molar-refractivity contribution in [2.24, 2.45) is 0 Å². The van der Waals surface area contributed by atoms with Crippen LogP contribution in [0.3, 0.4) is 0 Å². The normalized spacial score (nSPS) is 12.1. The SMILES string of the molecule is COc1ccc(CNC(=O)[C@H](C)Nc2ccc(NS(C)(=O)=O)cc2)cc1. The van der Waals surface area contributed by atoms with E-state index in [1.165, 1.54) is 0 Å². The van der Waals surface area contributed by atoms with Crippen molar-refractivity contribution in [1.82, 2.24) is 5.32 Å². The Hall–Kier alpha value is -2.74. The Bertz CT molecular complexity index is 834. The molecule has 0 aromatic heterocycles. The van der Waals surface area contributed by atoms with Crippen LogP contribution < -0.4 is 20.1 Å². The summed E-state index contributed by atoms with van der Waals surface area (Å²) >= 11 is 0. The van der Waals surface area contributed by atoms with Gasteiger partial charge in [-0.1, -0.05) is 12.1 Å². The minimum atomic E-state index is -3.31. The molecule has 1 atom stereocenters. The van der Waals surface area contributed by atoms with Gasteiger partial charge < -0.3 is 15.4 Å². The summed E-state index contributed by atoms with van der Waals surface area (Å²) in [5.74, 6) is 0.628. The molecule has 0 saturated heterocycles. The first-order valence-corrected chi connectivity index (χ1v) is 9.91. The zero-order valence-electron chi connectivity index (χ0n) is 14.9. The summed E-state index contributed by atoms with van der Waals surface area (Å²) in [5.41, 5.74) is 2.16. The number of hydrogen-bond donors (Lipinski definition) is 3. The summed E-state index contributed by atoms with van der Waals surface area (Å²) in [4.78, 5) is 12.2. The number of hydrogen-bond acceptors (Lipinski definition) is 5. The molecule has 0 fully saturated rings. The fraction of sp³-hybridized carbons (Fsp3) is 0.278. The molecule has 2 rings (SSSR count). The summed E-state index contributed by atoms with van der Waals surface area (Å²) < 4.78 is 29.9. The van der Waals surface area contributed by atoms with Gasteiger partial charge in [-0.3, -0.25) is 9.52 Å². The van der Waals surface area contributed by atoms with Gasteiger partial charge in [-0.25, -0.2) is 8.42 Å². The standard InChI is InChI=1S/C18H23N3O4S/c1-13(18(22)19-12-14-4-10-17(25-2)11-5-14)20-15-6-8-16(9-7-15)21-26(3,23)24/h4-11,13,20-21H,12H2,1-3H3,(H,19,22)/t13-/m0/s1. The molecule has 7 nitrogen and oxygen atoms in total. The van der Waals surface area contributed by atoms with Gasteiger partial charge in [0.05, 0.1) is 13.4 Å². The zero-order valence-corrected chi connectivity index (χ0v) is 15.8. The highest BCUT2D eigenvalue weighted by atomic mass is 32.2. The van der Waals surface area contributed by atoms with Crippen molar-refractivity contribution in [3.8, 4) is 5.75 Å². The van der Waals surface area contributed by atoms with Crippen molar-refractivity contribution in [2.75, 3.05) is 23.4 Å². The minimum absolute atomic E-state index is 0.140. The number of sulfonamides is 1. The van der Waals surface area contributed by atoms with E-state index in [4.69, 9.17) is 4.74 Å². The minimum Gasteiger partial charge on any atom is -0.497 e. The van der Waals surface area contributed by atoms with E-state index in [1.54, 1.807) is 38.3 Å². The molecule has 0 unspecified atom stereocenters. The van der Waals surface area contributed by atoms with Crippen LogP contribution in [0.25, 0.3) is 0 Å². The van der Waals surface area contributed by atoms with E-state index in [2.05, 4.69) is 15.4 Å². The highest BCUT2D eigenvalue weighted by molar-refractivity contribution is 7.92. The molecule has 2 aromatic carbocycles. The lowest BCUT2D eigenvalue weighted by Crippen LogP contribution is -2.37. The molecule has 26 heavy (non-hydrogen) atoms. The largest absolute Gasteiger partial charge is 0.497 e. The molecule has 2 aromatic rings. The van der Waals surface area contributed by atoms with Gasteiger partial charge in [0, 0.05) is 17.9 Å². The van der Waals surface area contributed by atoms with E-state index >= 15 is 0 Å². The molecule has 8 heteroatoms. The Morgan fingerprint density at radius 3 is 2.15 bits per heavy atom. The Morgan fingerprint density at radius 2 is 1.62 bits per heavy atom. The van der Waals surface area contributed by atoms with Crippen molar-refractivity contribution in [3.63, 3.8) is 0 Å². The van der Waals surface area contributed by atoms with Gasteiger partial charge in [0.2, 0.25) is 15.9 Å². The van der Waals surface area contributed by atoms with Crippen LogP contribution in [-0.4, -0.2) is 33.7 Å². The lowest BCUT2D eigenvalue weighted by Gasteiger charge is -2.16. The van der Waals surface area contributed by atoms with E-state index < -0.39 is 16.1 Å². The number of rotatable bonds is 8. The van der Waals surface area contributed by atoms with Crippen molar-refractivity contribution in [2.45, 2.75) is 19.5 Å². The maximum Gasteiger partial charge on any atom is 0.242 e. The highest BCUT2D eigenvalue weighted by Crippen LogP contribution is 2.15. The van der Waals surface area contributed by atoms with Crippen LogP contribution in [0.1, 0.15) is 12.5 Å². The summed E-state index contributed by atoms with van der Waals surface area (Å²) in [6.07, 6.45) is 1.09. The molecule has 0 saturated carbocycles. The van der Waals surface area contributed by atoms with E-state index in [1.807, 2.05) is 24.3 Å². The molecule has 0 aliphatic carbocycles. The Morgan fingerprint density at radius 1 is 1.04 bits per heavy atom. The number of ether oxygens (including phenoxy) is 1. The second-order valence-corrected chi connectivity index (χ2v) is 7.63. The molecule has 0 radical (unpaired) electrons. The summed E-state index contributed by atoms with van der Waals surface area (Å²) in [5, 5.41) is 5.94. The van der Waals surface area contributed by atoms with Crippen molar-refractivity contribution < 1.29 is 17.9 Å². The van der Waals surface area contributed by atoms with Crippen LogP contribution in [-0.2, 0) is 21.4 Å². The molecule has 0 aliphatic rings. The molecule has 0 bridgehead atoms. The summed E-state index contributed by atoms with van der Waals surface area (Å²) in [6, 6.07) is 13.7. The fourth-order valence-corrected chi connectivity index (χ4v) is 2.81. The molecular formula is C18H23N3O4S. The third-order valence-electron chi connectivity index (χ3n) is 3.59. The average molecular weight is 377 g/mol. The smallest absolute Gasteiger partial charge is 0.242 e. The highest BCUT2D eigenvalue weighted by Gasteiger charge is 2.12. The van der Waals surface area contributed by atoms with Crippen molar-refractivity contribution in [1.29, 1.82) is 0 Å². The van der Waals surface area contributed by atoms with Gasteiger partial charge >= 0.3 is 0 Å². The number of amides is 1. The molecule has 3 N–H and O–H groups in total. The predicted octanol–water partition coefficient (Wildman–Crippen LogP) is 2.18. The fourth-order valence-electron chi connectivity index (χ4n) is 2.25. The number of methoxy groups -OCH3 is 1. The lowest BCUT2D eigenvalue weighted by molar-refractivity contribution is -0.121. The van der Waals surface area contributed by atoms with Crippen LogP contribution in [0.15, 0.2) is 48.5 Å². The molecule has 0 heterocycles. The Kier molecular flexibility index (Phi) is 6.46. The quantitative estimate of drug-likeness (QED) is 0.655. The van der Waals surface area contributed by atoms with Gasteiger partial charge in [0.1, 0.15) is 11.8 Å². The monoisotopic (exact) mass is 377 g/mol. The third kappa shape index (κ3) is 6.29. The number of benzene rings is 2. The zero-order chi connectivity index (χ0) is 19.2. The molecule has 1 amide bonds. The topological polar surface area (TPSA) is 96.5 Å². The van der Waals surface area contributed by atoms with E-state index in [9.17, 15) is 13.2 Å². The second-order valence-electron chi connectivity index (χ2n) is 5.88. The van der Waals surface area contributed by atoms with Gasteiger partial charge in [0.25, 0.3) is 0 Å². The van der Waals surface area contributed by atoms with E-state index in [0.717, 1.165) is 23.3 Å². The van der Waals surface area contributed by atoms with Gasteiger partial charge in [-0.05, 0) is 48.9 Å². The van der Waals surface area contributed by atoms with Crippen molar-refractivity contribution in [3.05, 3.63) is 54.1 Å². The van der Waals surface area contributed by atoms with Gasteiger partial charge in [-0.15, -0.1) is 0 Å². The van der Waals surface area contributed by atoms with Crippen LogP contribution in [0.4, 0.5) is 11.4 Å².